The highest BCUT2D eigenvalue weighted by Gasteiger charge is 2.12. The van der Waals surface area contributed by atoms with Crippen molar-refractivity contribution in [1.29, 1.82) is 0 Å². The van der Waals surface area contributed by atoms with Crippen LogP contribution in [0.1, 0.15) is 23.6 Å². The lowest BCUT2D eigenvalue weighted by atomic mass is 10.0. The lowest BCUT2D eigenvalue weighted by molar-refractivity contribution is 0.303. The molecule has 4 heteroatoms. The molecule has 3 rings (SSSR count). The van der Waals surface area contributed by atoms with E-state index in [-0.39, 0.29) is 18.0 Å². The first-order chi connectivity index (χ1) is 11.1. The molecule has 0 unspecified atom stereocenters. The Kier molecular flexibility index (Phi) is 4.15. The summed E-state index contributed by atoms with van der Waals surface area (Å²) in [6, 6.07) is 11.7. The molecule has 0 saturated carbocycles. The zero-order chi connectivity index (χ0) is 16.4. The standard InChI is InChI=1S/C19H17FO3/c1-3-13-10-18(21)23-17-9-12(2)8-16(19(13)17)22-11-14-6-4-5-7-15(14)20/h4-10H,3,11H2,1-2H3. The fourth-order valence-electron chi connectivity index (χ4n) is 2.63. The van der Waals surface area contributed by atoms with E-state index in [0.717, 1.165) is 16.5 Å². The van der Waals surface area contributed by atoms with Gasteiger partial charge in [0.1, 0.15) is 23.8 Å². The van der Waals surface area contributed by atoms with E-state index >= 15 is 0 Å². The summed E-state index contributed by atoms with van der Waals surface area (Å²) in [6.45, 7) is 3.98. The average molecular weight is 312 g/mol. The zero-order valence-electron chi connectivity index (χ0n) is 13.1. The normalized spacial score (nSPS) is 10.9. The molecule has 0 aliphatic rings. The third-order valence-corrected chi connectivity index (χ3v) is 3.76. The van der Waals surface area contributed by atoms with E-state index in [4.69, 9.17) is 9.15 Å². The smallest absolute Gasteiger partial charge is 0.336 e. The number of rotatable bonds is 4. The quantitative estimate of drug-likeness (QED) is 0.671. The van der Waals surface area contributed by atoms with Crippen molar-refractivity contribution >= 4 is 11.0 Å². The summed E-state index contributed by atoms with van der Waals surface area (Å²) in [5.74, 6) is 0.301. The van der Waals surface area contributed by atoms with Crippen LogP contribution < -0.4 is 10.4 Å². The van der Waals surface area contributed by atoms with E-state index in [0.29, 0.717) is 23.3 Å². The number of aryl methyl sites for hydroxylation is 2. The van der Waals surface area contributed by atoms with Crippen LogP contribution >= 0.6 is 0 Å². The minimum Gasteiger partial charge on any atom is -0.488 e. The van der Waals surface area contributed by atoms with Crippen molar-refractivity contribution < 1.29 is 13.5 Å². The molecule has 3 aromatic rings. The van der Waals surface area contributed by atoms with Crippen molar-refractivity contribution in [3.8, 4) is 5.75 Å². The van der Waals surface area contributed by atoms with Crippen LogP contribution in [0, 0.1) is 12.7 Å². The van der Waals surface area contributed by atoms with Gasteiger partial charge in [0.15, 0.2) is 0 Å². The largest absolute Gasteiger partial charge is 0.488 e. The summed E-state index contributed by atoms with van der Waals surface area (Å²) in [5, 5.41) is 0.772. The Balaban J connectivity index is 2.06. The highest BCUT2D eigenvalue weighted by molar-refractivity contribution is 5.87. The molecule has 0 aliphatic heterocycles. The van der Waals surface area contributed by atoms with Gasteiger partial charge in [-0.25, -0.2) is 9.18 Å². The summed E-state index contributed by atoms with van der Waals surface area (Å²) in [7, 11) is 0. The monoisotopic (exact) mass is 312 g/mol. The Morgan fingerprint density at radius 1 is 1.13 bits per heavy atom. The number of fused-ring (bicyclic) bond motifs is 1. The van der Waals surface area contributed by atoms with Crippen LogP contribution in [0.15, 0.2) is 51.7 Å². The van der Waals surface area contributed by atoms with Crippen molar-refractivity contribution in [3.05, 3.63) is 75.4 Å². The molecule has 0 spiro atoms. The number of ether oxygens (including phenoxy) is 1. The first-order valence-electron chi connectivity index (χ1n) is 7.52. The summed E-state index contributed by atoms with van der Waals surface area (Å²) in [4.78, 5) is 11.7. The van der Waals surface area contributed by atoms with Gasteiger partial charge in [-0.05, 0) is 42.7 Å². The van der Waals surface area contributed by atoms with E-state index < -0.39 is 0 Å². The van der Waals surface area contributed by atoms with E-state index in [9.17, 15) is 9.18 Å². The van der Waals surface area contributed by atoms with Crippen LogP contribution in [0.5, 0.6) is 5.75 Å². The SMILES string of the molecule is CCc1cc(=O)oc2cc(C)cc(OCc3ccccc3F)c12. The van der Waals surface area contributed by atoms with Gasteiger partial charge < -0.3 is 9.15 Å². The molecule has 1 aromatic heterocycles. The third-order valence-electron chi connectivity index (χ3n) is 3.76. The Labute approximate surface area is 133 Å². The van der Waals surface area contributed by atoms with Gasteiger partial charge in [-0.1, -0.05) is 25.1 Å². The highest BCUT2D eigenvalue weighted by Crippen LogP contribution is 2.31. The molecule has 0 atom stereocenters. The predicted octanol–water partition coefficient (Wildman–Crippen LogP) is 4.38. The molecule has 0 aliphatic carbocycles. The second-order valence-electron chi connectivity index (χ2n) is 5.46. The minimum atomic E-state index is -0.375. The first-order valence-corrected chi connectivity index (χ1v) is 7.52. The van der Waals surface area contributed by atoms with Crippen LogP contribution in [0.2, 0.25) is 0 Å². The van der Waals surface area contributed by atoms with Crippen molar-refractivity contribution in [3.63, 3.8) is 0 Å². The van der Waals surface area contributed by atoms with Gasteiger partial charge in [0.2, 0.25) is 0 Å². The minimum absolute atomic E-state index is 0.119. The van der Waals surface area contributed by atoms with E-state index in [1.807, 2.05) is 26.0 Å². The Hall–Kier alpha value is -2.62. The zero-order valence-corrected chi connectivity index (χ0v) is 13.1. The van der Waals surface area contributed by atoms with Gasteiger partial charge in [0.25, 0.3) is 0 Å². The maximum absolute atomic E-state index is 13.7. The average Bonchev–Trinajstić information content (AvgIpc) is 2.52. The molecular formula is C19H17FO3. The number of benzene rings is 2. The summed E-state index contributed by atoms with van der Waals surface area (Å²) < 4.78 is 24.9. The first kappa shape index (κ1) is 15.3. The summed E-state index contributed by atoms with van der Waals surface area (Å²) in [5.41, 5.74) is 2.38. The second kappa shape index (κ2) is 6.24. The number of hydrogen-bond donors (Lipinski definition) is 0. The fourth-order valence-corrected chi connectivity index (χ4v) is 2.63. The number of hydrogen-bond acceptors (Lipinski definition) is 3. The lowest BCUT2D eigenvalue weighted by Gasteiger charge is -2.13. The molecule has 0 amide bonds. The van der Waals surface area contributed by atoms with Gasteiger partial charge in [0.05, 0.1) is 5.39 Å². The summed E-state index contributed by atoms with van der Waals surface area (Å²) >= 11 is 0. The van der Waals surface area contributed by atoms with Gasteiger partial charge in [-0.3, -0.25) is 0 Å². The Bertz CT molecular complexity index is 912. The maximum atomic E-state index is 13.7. The van der Waals surface area contributed by atoms with Gasteiger partial charge in [0, 0.05) is 11.6 Å². The van der Waals surface area contributed by atoms with Gasteiger partial charge in [-0.15, -0.1) is 0 Å². The molecule has 2 aromatic carbocycles. The van der Waals surface area contributed by atoms with E-state index in [2.05, 4.69) is 0 Å². The molecule has 3 nitrogen and oxygen atoms in total. The third kappa shape index (κ3) is 3.11. The molecule has 0 N–H and O–H groups in total. The number of halogens is 1. The van der Waals surface area contributed by atoms with Crippen molar-refractivity contribution in [2.24, 2.45) is 0 Å². The molecule has 118 valence electrons. The van der Waals surface area contributed by atoms with Gasteiger partial charge in [-0.2, -0.15) is 0 Å². The molecule has 0 saturated heterocycles. The maximum Gasteiger partial charge on any atom is 0.336 e. The van der Waals surface area contributed by atoms with E-state index in [1.165, 1.54) is 12.1 Å². The Morgan fingerprint density at radius 2 is 1.91 bits per heavy atom. The molecule has 0 bridgehead atoms. The molecule has 23 heavy (non-hydrogen) atoms. The van der Waals surface area contributed by atoms with Crippen LogP contribution in [0.4, 0.5) is 4.39 Å². The fraction of sp³-hybridized carbons (Fsp3) is 0.211. The van der Waals surface area contributed by atoms with Crippen LogP contribution in [0.25, 0.3) is 11.0 Å². The van der Waals surface area contributed by atoms with Gasteiger partial charge >= 0.3 is 5.63 Å². The predicted molar refractivity (Wildman–Crippen MR) is 87.3 cm³/mol. The second-order valence-corrected chi connectivity index (χ2v) is 5.46. The molecule has 0 radical (unpaired) electrons. The van der Waals surface area contributed by atoms with Crippen molar-refractivity contribution in [2.45, 2.75) is 26.9 Å². The lowest BCUT2D eigenvalue weighted by Crippen LogP contribution is -2.03. The highest BCUT2D eigenvalue weighted by atomic mass is 19.1. The van der Waals surface area contributed by atoms with Crippen LogP contribution in [-0.4, -0.2) is 0 Å². The Morgan fingerprint density at radius 3 is 2.65 bits per heavy atom. The molecule has 0 fully saturated rings. The van der Waals surface area contributed by atoms with E-state index in [1.54, 1.807) is 18.2 Å². The molecular weight excluding hydrogens is 295 g/mol. The van der Waals surface area contributed by atoms with Crippen molar-refractivity contribution in [2.75, 3.05) is 0 Å². The summed E-state index contributed by atoms with van der Waals surface area (Å²) in [6.07, 6.45) is 0.682. The topological polar surface area (TPSA) is 39.4 Å². The van der Waals surface area contributed by atoms with Crippen molar-refractivity contribution in [1.82, 2.24) is 0 Å². The molecule has 1 heterocycles. The van der Waals surface area contributed by atoms with Crippen LogP contribution in [0.3, 0.4) is 0 Å². The van der Waals surface area contributed by atoms with Crippen LogP contribution in [-0.2, 0) is 13.0 Å².